The van der Waals surface area contributed by atoms with Crippen LogP contribution in [0.25, 0.3) is 0 Å². The van der Waals surface area contributed by atoms with Crippen molar-refractivity contribution in [2.75, 3.05) is 0 Å². The minimum Gasteiger partial charge on any atom is -0.308 e. The maximum Gasteiger partial charge on any atom is 0.165 e. The van der Waals surface area contributed by atoms with Crippen LogP contribution in [0.2, 0.25) is 0 Å². The van der Waals surface area contributed by atoms with Gasteiger partial charge in [-0.2, -0.15) is 0 Å². The third-order valence-corrected chi connectivity index (χ3v) is 1.81. The fraction of sp³-hybridized carbons (Fsp3) is 0.889. The van der Waals surface area contributed by atoms with Gasteiger partial charge in [-0.3, -0.25) is 0 Å². The molecule has 1 aromatic heterocycles. The van der Waals surface area contributed by atoms with Crippen molar-refractivity contribution >= 4 is 0 Å². The Labute approximate surface area is 84.9 Å². The van der Waals surface area contributed by atoms with Crippen molar-refractivity contribution in [2.45, 2.75) is 46.8 Å². The number of aromatic nitrogens is 4. The summed E-state index contributed by atoms with van der Waals surface area (Å²) in [7, 11) is 0. The molecule has 0 aliphatic rings. The first-order valence-electron chi connectivity index (χ1n) is 5.08. The van der Waals surface area contributed by atoms with Gasteiger partial charge in [-0.15, -0.1) is 5.10 Å². The second-order valence-corrected chi connectivity index (χ2v) is 4.21. The number of rotatable bonds is 5. The van der Waals surface area contributed by atoms with Crippen molar-refractivity contribution in [1.82, 2.24) is 25.5 Å². The molecule has 5 nitrogen and oxygen atoms in total. The Kier molecular flexibility index (Phi) is 4.00. The Balaban J connectivity index is 2.53. The summed E-state index contributed by atoms with van der Waals surface area (Å²) in [5.74, 6) is 1.48. The highest BCUT2D eigenvalue weighted by atomic mass is 15.5. The summed E-state index contributed by atoms with van der Waals surface area (Å²) in [5.41, 5.74) is 0. The van der Waals surface area contributed by atoms with E-state index in [9.17, 15) is 0 Å². The first kappa shape index (κ1) is 11.1. The van der Waals surface area contributed by atoms with Gasteiger partial charge in [-0.25, -0.2) is 4.68 Å². The third-order valence-electron chi connectivity index (χ3n) is 1.81. The normalized spacial score (nSPS) is 11.6. The lowest BCUT2D eigenvalue weighted by molar-refractivity contribution is 0.446. The van der Waals surface area contributed by atoms with E-state index < -0.39 is 0 Å². The highest BCUT2D eigenvalue weighted by Crippen LogP contribution is 1.99. The molecule has 1 aromatic rings. The molecular formula is C9H19N5. The van der Waals surface area contributed by atoms with Gasteiger partial charge in [-0.1, -0.05) is 27.7 Å². The van der Waals surface area contributed by atoms with Crippen LogP contribution in [0.3, 0.4) is 0 Å². The van der Waals surface area contributed by atoms with Crippen molar-refractivity contribution in [3.05, 3.63) is 5.82 Å². The van der Waals surface area contributed by atoms with Crippen LogP contribution < -0.4 is 5.32 Å². The molecule has 0 aliphatic heterocycles. The SMILES string of the molecule is CC(C)Cn1nnnc1CNC(C)C. The lowest BCUT2D eigenvalue weighted by Gasteiger charge is -2.09. The lowest BCUT2D eigenvalue weighted by atomic mass is 10.2. The zero-order chi connectivity index (χ0) is 10.6. The topological polar surface area (TPSA) is 55.6 Å². The number of nitrogens with one attached hydrogen (secondary N) is 1. The molecule has 0 bridgehead atoms. The Morgan fingerprint density at radius 3 is 2.57 bits per heavy atom. The predicted molar refractivity (Wildman–Crippen MR) is 54.6 cm³/mol. The molecule has 0 amide bonds. The highest BCUT2D eigenvalue weighted by molar-refractivity contribution is 4.80. The first-order valence-corrected chi connectivity index (χ1v) is 5.08. The van der Waals surface area contributed by atoms with E-state index in [1.165, 1.54) is 0 Å². The van der Waals surface area contributed by atoms with Crippen LogP contribution >= 0.6 is 0 Å². The molecule has 80 valence electrons. The number of tetrazole rings is 1. The Morgan fingerprint density at radius 2 is 2.00 bits per heavy atom. The number of hydrogen-bond donors (Lipinski definition) is 1. The zero-order valence-corrected chi connectivity index (χ0v) is 9.36. The summed E-state index contributed by atoms with van der Waals surface area (Å²) in [6.07, 6.45) is 0. The largest absolute Gasteiger partial charge is 0.308 e. The van der Waals surface area contributed by atoms with Crippen LogP contribution in [0.1, 0.15) is 33.5 Å². The quantitative estimate of drug-likeness (QED) is 0.759. The second-order valence-electron chi connectivity index (χ2n) is 4.21. The zero-order valence-electron chi connectivity index (χ0n) is 9.36. The van der Waals surface area contributed by atoms with E-state index >= 15 is 0 Å². The molecular weight excluding hydrogens is 178 g/mol. The minimum absolute atomic E-state index is 0.458. The molecule has 0 aromatic carbocycles. The second kappa shape index (κ2) is 5.05. The van der Waals surface area contributed by atoms with E-state index in [2.05, 4.69) is 48.5 Å². The van der Waals surface area contributed by atoms with Crippen LogP contribution in [0, 0.1) is 5.92 Å². The van der Waals surface area contributed by atoms with Gasteiger partial charge in [0.05, 0.1) is 6.54 Å². The molecule has 14 heavy (non-hydrogen) atoms. The first-order chi connectivity index (χ1) is 6.59. The summed E-state index contributed by atoms with van der Waals surface area (Å²) < 4.78 is 1.86. The maximum absolute atomic E-state index is 3.98. The molecule has 0 aliphatic carbocycles. The molecule has 0 radical (unpaired) electrons. The maximum atomic E-state index is 3.98. The Bertz CT molecular complexity index is 266. The summed E-state index contributed by atoms with van der Waals surface area (Å²) in [6, 6.07) is 0.458. The van der Waals surface area contributed by atoms with E-state index in [0.717, 1.165) is 18.9 Å². The van der Waals surface area contributed by atoms with Crippen LogP contribution in [0.4, 0.5) is 0 Å². The van der Waals surface area contributed by atoms with Crippen LogP contribution in [0.15, 0.2) is 0 Å². The highest BCUT2D eigenvalue weighted by Gasteiger charge is 2.07. The Hall–Kier alpha value is -0.970. The fourth-order valence-corrected chi connectivity index (χ4v) is 1.13. The summed E-state index contributed by atoms with van der Waals surface area (Å²) in [6.45, 7) is 10.1. The summed E-state index contributed by atoms with van der Waals surface area (Å²) in [4.78, 5) is 0. The van der Waals surface area contributed by atoms with Crippen LogP contribution in [0.5, 0.6) is 0 Å². The molecule has 1 heterocycles. The van der Waals surface area contributed by atoms with Crippen molar-refractivity contribution in [3.8, 4) is 0 Å². The minimum atomic E-state index is 0.458. The van der Waals surface area contributed by atoms with Crippen molar-refractivity contribution < 1.29 is 0 Å². The van der Waals surface area contributed by atoms with E-state index in [1.54, 1.807) is 0 Å². The molecule has 0 atom stereocenters. The van der Waals surface area contributed by atoms with Crippen molar-refractivity contribution in [1.29, 1.82) is 0 Å². The van der Waals surface area contributed by atoms with Gasteiger partial charge in [0, 0.05) is 12.6 Å². The molecule has 1 rings (SSSR count). The van der Waals surface area contributed by atoms with Gasteiger partial charge in [-0.05, 0) is 16.3 Å². The van der Waals surface area contributed by atoms with E-state index in [-0.39, 0.29) is 0 Å². The molecule has 0 fully saturated rings. The van der Waals surface area contributed by atoms with Gasteiger partial charge >= 0.3 is 0 Å². The van der Waals surface area contributed by atoms with Gasteiger partial charge in [0.1, 0.15) is 0 Å². The van der Waals surface area contributed by atoms with Gasteiger partial charge in [0.15, 0.2) is 5.82 Å². The van der Waals surface area contributed by atoms with Crippen molar-refractivity contribution in [3.63, 3.8) is 0 Å². The molecule has 0 saturated heterocycles. The standard InChI is InChI=1S/C9H19N5/c1-7(2)6-14-9(11-12-13-14)5-10-8(3)4/h7-8,10H,5-6H2,1-4H3. The predicted octanol–water partition coefficient (Wildman–Crippen LogP) is 0.827. The van der Waals surface area contributed by atoms with Gasteiger partial charge in [0.25, 0.3) is 0 Å². The molecule has 0 saturated carbocycles. The number of hydrogen-bond acceptors (Lipinski definition) is 4. The van der Waals surface area contributed by atoms with E-state index in [1.807, 2.05) is 4.68 Å². The molecule has 1 N–H and O–H groups in total. The van der Waals surface area contributed by atoms with Gasteiger partial charge < -0.3 is 5.32 Å². The third kappa shape index (κ3) is 3.41. The summed E-state index contributed by atoms with van der Waals surface area (Å²) >= 11 is 0. The molecule has 0 unspecified atom stereocenters. The fourth-order valence-electron chi connectivity index (χ4n) is 1.13. The molecule has 5 heteroatoms. The lowest BCUT2D eigenvalue weighted by Crippen LogP contribution is -2.24. The number of nitrogens with zero attached hydrogens (tertiary/aromatic N) is 4. The Morgan fingerprint density at radius 1 is 1.29 bits per heavy atom. The average Bonchev–Trinajstić information content (AvgIpc) is 2.47. The van der Waals surface area contributed by atoms with Gasteiger partial charge in [0.2, 0.25) is 0 Å². The van der Waals surface area contributed by atoms with E-state index in [4.69, 9.17) is 0 Å². The van der Waals surface area contributed by atoms with Crippen LogP contribution in [-0.4, -0.2) is 26.2 Å². The monoisotopic (exact) mass is 197 g/mol. The smallest absolute Gasteiger partial charge is 0.165 e. The average molecular weight is 197 g/mol. The van der Waals surface area contributed by atoms with E-state index in [0.29, 0.717) is 12.0 Å². The molecule has 0 spiro atoms. The van der Waals surface area contributed by atoms with Crippen molar-refractivity contribution in [2.24, 2.45) is 5.92 Å². The summed E-state index contributed by atoms with van der Waals surface area (Å²) in [5, 5.41) is 14.9. The van der Waals surface area contributed by atoms with Crippen LogP contribution in [-0.2, 0) is 13.1 Å².